The SMILES string of the molecule is CN(C)CCOB(c1ccc(O)cc1)c1cccc2ccccc12. The quantitative estimate of drug-likeness (QED) is 0.707. The molecule has 0 saturated carbocycles. The van der Waals surface area contributed by atoms with Gasteiger partial charge in [0.1, 0.15) is 5.75 Å². The second-order valence-corrected chi connectivity index (χ2v) is 6.21. The fourth-order valence-electron chi connectivity index (χ4n) is 2.85. The van der Waals surface area contributed by atoms with E-state index in [0.29, 0.717) is 6.61 Å². The van der Waals surface area contributed by atoms with E-state index in [1.165, 1.54) is 10.8 Å². The molecule has 0 bridgehead atoms. The van der Waals surface area contributed by atoms with E-state index in [4.69, 9.17) is 4.65 Å². The number of phenols is 1. The van der Waals surface area contributed by atoms with E-state index in [-0.39, 0.29) is 12.7 Å². The Morgan fingerprint density at radius 2 is 1.62 bits per heavy atom. The minimum absolute atomic E-state index is 0.156. The Bertz CT molecular complexity index is 797. The molecule has 0 aliphatic carbocycles. The van der Waals surface area contributed by atoms with Crippen LogP contribution in [0.3, 0.4) is 0 Å². The van der Waals surface area contributed by atoms with Crippen molar-refractivity contribution in [3.8, 4) is 5.75 Å². The molecule has 0 aromatic heterocycles. The van der Waals surface area contributed by atoms with Gasteiger partial charge in [0, 0.05) is 13.2 Å². The van der Waals surface area contributed by atoms with Gasteiger partial charge in [0.25, 0.3) is 0 Å². The van der Waals surface area contributed by atoms with Crippen molar-refractivity contribution in [3.63, 3.8) is 0 Å². The number of hydrogen-bond donors (Lipinski definition) is 1. The zero-order valence-electron chi connectivity index (χ0n) is 14.1. The van der Waals surface area contributed by atoms with E-state index in [2.05, 4.69) is 47.4 Å². The molecule has 24 heavy (non-hydrogen) atoms. The maximum Gasteiger partial charge on any atom is 0.362 e. The fourth-order valence-corrected chi connectivity index (χ4v) is 2.85. The van der Waals surface area contributed by atoms with Gasteiger partial charge in [-0.2, -0.15) is 0 Å². The van der Waals surface area contributed by atoms with Gasteiger partial charge >= 0.3 is 6.92 Å². The lowest BCUT2D eigenvalue weighted by Crippen LogP contribution is -2.46. The molecule has 0 unspecified atom stereocenters. The monoisotopic (exact) mass is 319 g/mol. The number of hydrogen-bond acceptors (Lipinski definition) is 3. The molecule has 3 aromatic rings. The average molecular weight is 319 g/mol. The molecule has 0 heterocycles. The van der Waals surface area contributed by atoms with Crippen molar-refractivity contribution >= 4 is 28.6 Å². The Morgan fingerprint density at radius 3 is 2.38 bits per heavy atom. The summed E-state index contributed by atoms with van der Waals surface area (Å²) >= 11 is 0. The summed E-state index contributed by atoms with van der Waals surface area (Å²) in [5, 5.41) is 12.0. The summed E-state index contributed by atoms with van der Waals surface area (Å²) in [4.78, 5) is 2.11. The Labute approximate surface area is 143 Å². The van der Waals surface area contributed by atoms with Crippen molar-refractivity contribution in [1.82, 2.24) is 4.90 Å². The summed E-state index contributed by atoms with van der Waals surface area (Å²) in [6.45, 7) is 1.35. The van der Waals surface area contributed by atoms with Crippen LogP contribution in [-0.4, -0.2) is 44.2 Å². The first-order valence-corrected chi connectivity index (χ1v) is 8.18. The molecule has 0 fully saturated rings. The second-order valence-electron chi connectivity index (χ2n) is 6.21. The largest absolute Gasteiger partial charge is 0.508 e. The Balaban J connectivity index is 2.00. The highest BCUT2D eigenvalue weighted by Crippen LogP contribution is 2.13. The van der Waals surface area contributed by atoms with Crippen LogP contribution in [0.15, 0.2) is 66.7 Å². The lowest BCUT2D eigenvalue weighted by molar-refractivity contribution is 0.269. The zero-order valence-corrected chi connectivity index (χ0v) is 14.1. The van der Waals surface area contributed by atoms with Gasteiger partial charge in [0.2, 0.25) is 0 Å². The summed E-state index contributed by atoms with van der Waals surface area (Å²) < 4.78 is 6.25. The number of nitrogens with zero attached hydrogens (tertiary/aromatic N) is 1. The second kappa shape index (κ2) is 7.52. The molecule has 0 radical (unpaired) electrons. The van der Waals surface area contributed by atoms with Gasteiger partial charge in [-0.15, -0.1) is 0 Å². The fraction of sp³-hybridized carbons (Fsp3) is 0.200. The van der Waals surface area contributed by atoms with Crippen LogP contribution in [0.25, 0.3) is 10.8 Å². The number of benzene rings is 3. The van der Waals surface area contributed by atoms with E-state index < -0.39 is 0 Å². The number of phenolic OH excluding ortho intramolecular Hbond substituents is 1. The molecule has 4 heteroatoms. The van der Waals surface area contributed by atoms with Gasteiger partial charge in [-0.3, -0.25) is 0 Å². The number of rotatable bonds is 6. The number of fused-ring (bicyclic) bond motifs is 1. The van der Waals surface area contributed by atoms with Crippen LogP contribution in [0.2, 0.25) is 0 Å². The normalized spacial score (nSPS) is 11.1. The first kappa shape index (κ1) is 16.6. The molecule has 1 N–H and O–H groups in total. The molecule has 3 rings (SSSR count). The van der Waals surface area contributed by atoms with Crippen molar-refractivity contribution in [1.29, 1.82) is 0 Å². The van der Waals surface area contributed by atoms with Crippen molar-refractivity contribution in [2.45, 2.75) is 0 Å². The third kappa shape index (κ3) is 3.78. The predicted molar refractivity (Wildman–Crippen MR) is 102 cm³/mol. The van der Waals surface area contributed by atoms with Crippen LogP contribution in [-0.2, 0) is 4.65 Å². The lowest BCUT2D eigenvalue weighted by atomic mass is 9.54. The summed E-state index contributed by atoms with van der Waals surface area (Å²) in [5.41, 5.74) is 2.19. The molecular weight excluding hydrogens is 297 g/mol. The van der Waals surface area contributed by atoms with E-state index in [1.54, 1.807) is 12.1 Å². The predicted octanol–water partition coefficient (Wildman–Crippen LogP) is 2.23. The molecule has 0 saturated heterocycles. The summed E-state index contributed by atoms with van der Waals surface area (Å²) in [6.07, 6.45) is 0. The van der Waals surface area contributed by atoms with Gasteiger partial charge in [-0.25, -0.2) is 0 Å². The smallest absolute Gasteiger partial charge is 0.362 e. The number of aromatic hydroxyl groups is 1. The van der Waals surface area contributed by atoms with Crippen LogP contribution >= 0.6 is 0 Å². The van der Waals surface area contributed by atoms with Crippen LogP contribution in [0.5, 0.6) is 5.75 Å². The van der Waals surface area contributed by atoms with E-state index >= 15 is 0 Å². The minimum Gasteiger partial charge on any atom is -0.508 e. The first-order valence-electron chi connectivity index (χ1n) is 8.18. The zero-order chi connectivity index (χ0) is 16.9. The Morgan fingerprint density at radius 1 is 0.917 bits per heavy atom. The molecule has 0 amide bonds. The Hall–Kier alpha value is -2.30. The van der Waals surface area contributed by atoms with E-state index in [1.807, 2.05) is 26.2 Å². The highest BCUT2D eigenvalue weighted by Gasteiger charge is 2.23. The van der Waals surface area contributed by atoms with Gasteiger partial charge in [-0.1, -0.05) is 54.6 Å². The van der Waals surface area contributed by atoms with Crippen LogP contribution < -0.4 is 10.9 Å². The summed E-state index contributed by atoms with van der Waals surface area (Å²) in [7, 11) is 4.08. The third-order valence-electron chi connectivity index (χ3n) is 4.12. The maximum atomic E-state index is 9.58. The van der Waals surface area contributed by atoms with Crippen molar-refractivity contribution < 1.29 is 9.76 Å². The van der Waals surface area contributed by atoms with Crippen molar-refractivity contribution in [2.24, 2.45) is 0 Å². The van der Waals surface area contributed by atoms with Crippen LogP contribution in [0.1, 0.15) is 0 Å². The van der Waals surface area contributed by atoms with Gasteiger partial charge in [0.05, 0.1) is 0 Å². The van der Waals surface area contributed by atoms with E-state index in [9.17, 15) is 5.11 Å². The minimum atomic E-state index is -0.156. The molecule has 3 nitrogen and oxygen atoms in total. The van der Waals surface area contributed by atoms with Gasteiger partial charge in [-0.05, 0) is 47.9 Å². The van der Waals surface area contributed by atoms with Crippen molar-refractivity contribution in [3.05, 3.63) is 66.7 Å². The topological polar surface area (TPSA) is 32.7 Å². The first-order chi connectivity index (χ1) is 11.6. The molecule has 0 aliphatic rings. The van der Waals surface area contributed by atoms with Gasteiger partial charge < -0.3 is 14.7 Å². The molecular formula is C20H22BNO2. The van der Waals surface area contributed by atoms with Crippen LogP contribution in [0.4, 0.5) is 0 Å². The summed E-state index contributed by atoms with van der Waals surface area (Å²) in [6, 6.07) is 21.9. The Kier molecular flexibility index (Phi) is 5.19. The summed E-state index contributed by atoms with van der Waals surface area (Å²) in [5.74, 6) is 0.267. The van der Waals surface area contributed by atoms with E-state index in [0.717, 1.165) is 17.5 Å². The van der Waals surface area contributed by atoms with Crippen molar-refractivity contribution in [2.75, 3.05) is 27.2 Å². The molecule has 0 aliphatic heterocycles. The highest BCUT2D eigenvalue weighted by atomic mass is 16.4. The molecule has 122 valence electrons. The third-order valence-corrected chi connectivity index (χ3v) is 4.12. The van der Waals surface area contributed by atoms with Crippen LogP contribution in [0, 0.1) is 0 Å². The lowest BCUT2D eigenvalue weighted by Gasteiger charge is -2.19. The number of likely N-dealkylation sites (N-methyl/N-ethyl adjacent to an activating group) is 1. The molecule has 0 spiro atoms. The average Bonchev–Trinajstić information content (AvgIpc) is 2.59. The molecule has 3 aromatic carbocycles. The van der Waals surface area contributed by atoms with Gasteiger partial charge in [0.15, 0.2) is 0 Å². The highest BCUT2D eigenvalue weighted by molar-refractivity contribution is 6.81. The standard InChI is InChI=1S/C20H22BNO2/c1-22(2)14-15-24-21(17-10-12-18(23)13-11-17)20-9-5-7-16-6-3-4-8-19(16)20/h3-13,23H,14-15H2,1-2H3. The molecule has 0 atom stereocenters. The maximum absolute atomic E-state index is 9.58.